The summed E-state index contributed by atoms with van der Waals surface area (Å²) in [5, 5.41) is 8.91. The first kappa shape index (κ1) is 13.3. The zero-order valence-corrected chi connectivity index (χ0v) is 9.08. The fourth-order valence-electron chi connectivity index (χ4n) is 1.66. The highest BCUT2D eigenvalue weighted by atomic mass is 19.4. The maximum atomic E-state index is 12.6. The SMILES string of the molecule is CCC(C(=O)O)c1cccc(C(F)(F)F)c1N. The quantitative estimate of drug-likeness (QED) is 0.807. The first-order chi connectivity index (χ1) is 7.79. The minimum Gasteiger partial charge on any atom is -0.481 e. The van der Waals surface area contributed by atoms with Gasteiger partial charge in [0.15, 0.2) is 0 Å². The molecule has 1 aromatic carbocycles. The Morgan fingerprint density at radius 3 is 2.47 bits per heavy atom. The molecule has 0 spiro atoms. The second-order valence-corrected chi connectivity index (χ2v) is 3.61. The van der Waals surface area contributed by atoms with E-state index in [0.717, 1.165) is 6.07 Å². The molecule has 1 rings (SSSR count). The Labute approximate surface area is 96.0 Å². The van der Waals surface area contributed by atoms with Crippen molar-refractivity contribution in [3.8, 4) is 0 Å². The minimum absolute atomic E-state index is 0.00910. The van der Waals surface area contributed by atoms with Gasteiger partial charge in [-0.3, -0.25) is 4.79 Å². The second kappa shape index (κ2) is 4.65. The third kappa shape index (κ3) is 2.69. The third-order valence-corrected chi connectivity index (χ3v) is 2.53. The van der Waals surface area contributed by atoms with Crippen molar-refractivity contribution in [2.45, 2.75) is 25.4 Å². The molecule has 17 heavy (non-hydrogen) atoms. The Balaban J connectivity index is 3.32. The summed E-state index contributed by atoms with van der Waals surface area (Å²) in [5.74, 6) is -2.20. The van der Waals surface area contributed by atoms with Gasteiger partial charge in [-0.05, 0) is 18.1 Å². The molecule has 3 nitrogen and oxygen atoms in total. The van der Waals surface area contributed by atoms with Crippen LogP contribution >= 0.6 is 0 Å². The molecule has 0 aliphatic rings. The average molecular weight is 247 g/mol. The Morgan fingerprint density at radius 1 is 1.47 bits per heavy atom. The van der Waals surface area contributed by atoms with Crippen molar-refractivity contribution in [1.82, 2.24) is 0 Å². The van der Waals surface area contributed by atoms with Gasteiger partial charge in [-0.1, -0.05) is 19.1 Å². The van der Waals surface area contributed by atoms with Gasteiger partial charge in [-0.25, -0.2) is 0 Å². The van der Waals surface area contributed by atoms with Crippen LogP contribution in [0.1, 0.15) is 30.4 Å². The van der Waals surface area contributed by atoms with Crippen LogP contribution in [0.2, 0.25) is 0 Å². The number of para-hydroxylation sites is 1. The topological polar surface area (TPSA) is 63.3 Å². The molecule has 0 aromatic heterocycles. The van der Waals surface area contributed by atoms with E-state index in [1.165, 1.54) is 12.1 Å². The van der Waals surface area contributed by atoms with Crippen molar-refractivity contribution >= 4 is 11.7 Å². The van der Waals surface area contributed by atoms with Gasteiger partial charge in [-0.15, -0.1) is 0 Å². The van der Waals surface area contributed by atoms with Crippen molar-refractivity contribution in [2.24, 2.45) is 0 Å². The van der Waals surface area contributed by atoms with Crippen molar-refractivity contribution in [1.29, 1.82) is 0 Å². The van der Waals surface area contributed by atoms with Crippen molar-refractivity contribution in [3.63, 3.8) is 0 Å². The number of carboxylic acid groups (broad SMARTS) is 1. The molecule has 0 aliphatic carbocycles. The van der Waals surface area contributed by atoms with Crippen LogP contribution in [0.15, 0.2) is 18.2 Å². The molecule has 0 radical (unpaired) electrons. The smallest absolute Gasteiger partial charge is 0.418 e. The number of rotatable bonds is 3. The van der Waals surface area contributed by atoms with Gasteiger partial charge in [0.2, 0.25) is 0 Å². The first-order valence-corrected chi connectivity index (χ1v) is 4.97. The van der Waals surface area contributed by atoms with Crippen molar-refractivity contribution in [3.05, 3.63) is 29.3 Å². The largest absolute Gasteiger partial charge is 0.481 e. The number of carboxylic acids is 1. The monoisotopic (exact) mass is 247 g/mol. The number of carbonyl (C=O) groups is 1. The fraction of sp³-hybridized carbons (Fsp3) is 0.364. The standard InChI is InChI=1S/C11H12F3NO2/c1-2-6(10(16)17)7-4-3-5-8(9(7)15)11(12,13)14/h3-6H,2,15H2,1H3,(H,16,17). The van der Waals surface area contributed by atoms with E-state index in [-0.39, 0.29) is 12.0 Å². The van der Waals surface area contributed by atoms with E-state index in [1.807, 2.05) is 0 Å². The van der Waals surface area contributed by atoms with E-state index >= 15 is 0 Å². The summed E-state index contributed by atoms with van der Waals surface area (Å²) in [4.78, 5) is 10.9. The molecule has 0 fully saturated rings. The van der Waals surface area contributed by atoms with Crippen LogP contribution in [0, 0.1) is 0 Å². The molecule has 0 saturated carbocycles. The number of nitrogen functional groups attached to an aromatic ring is 1. The zero-order chi connectivity index (χ0) is 13.2. The normalized spacial score (nSPS) is 13.4. The van der Waals surface area contributed by atoms with E-state index in [4.69, 9.17) is 10.8 Å². The summed E-state index contributed by atoms with van der Waals surface area (Å²) < 4.78 is 37.7. The van der Waals surface area contributed by atoms with Gasteiger partial charge in [0.05, 0.1) is 11.5 Å². The van der Waals surface area contributed by atoms with Crippen LogP contribution in [0.25, 0.3) is 0 Å². The zero-order valence-electron chi connectivity index (χ0n) is 9.08. The van der Waals surface area contributed by atoms with Gasteiger partial charge < -0.3 is 10.8 Å². The molecule has 1 atom stereocenters. The van der Waals surface area contributed by atoms with Gasteiger partial charge in [0.1, 0.15) is 0 Å². The van der Waals surface area contributed by atoms with Gasteiger partial charge in [-0.2, -0.15) is 13.2 Å². The maximum absolute atomic E-state index is 12.6. The summed E-state index contributed by atoms with van der Waals surface area (Å²) in [6.45, 7) is 1.58. The minimum atomic E-state index is -4.57. The lowest BCUT2D eigenvalue weighted by atomic mass is 9.93. The highest BCUT2D eigenvalue weighted by Gasteiger charge is 2.35. The summed E-state index contributed by atoms with van der Waals surface area (Å²) in [7, 11) is 0. The Morgan fingerprint density at radius 2 is 2.06 bits per heavy atom. The molecule has 0 amide bonds. The molecule has 0 heterocycles. The fourth-order valence-corrected chi connectivity index (χ4v) is 1.66. The van der Waals surface area contributed by atoms with Crippen LogP contribution in [0.4, 0.5) is 18.9 Å². The molecule has 0 bridgehead atoms. The number of hydrogen-bond acceptors (Lipinski definition) is 2. The third-order valence-electron chi connectivity index (χ3n) is 2.53. The molecule has 0 saturated heterocycles. The van der Waals surface area contributed by atoms with Crippen LogP contribution in [0.3, 0.4) is 0 Å². The Kier molecular flexibility index (Phi) is 3.65. The van der Waals surface area contributed by atoms with E-state index in [2.05, 4.69) is 0 Å². The van der Waals surface area contributed by atoms with Crippen LogP contribution in [-0.4, -0.2) is 11.1 Å². The lowest BCUT2D eigenvalue weighted by Crippen LogP contribution is -2.16. The lowest BCUT2D eigenvalue weighted by Gasteiger charge is -2.17. The van der Waals surface area contributed by atoms with E-state index < -0.39 is 29.3 Å². The number of halogens is 3. The number of hydrogen-bond donors (Lipinski definition) is 2. The van der Waals surface area contributed by atoms with Crippen molar-refractivity contribution in [2.75, 3.05) is 5.73 Å². The van der Waals surface area contributed by atoms with Crippen LogP contribution < -0.4 is 5.73 Å². The molecule has 6 heteroatoms. The number of alkyl halides is 3. The Bertz CT molecular complexity index is 429. The second-order valence-electron chi connectivity index (χ2n) is 3.61. The van der Waals surface area contributed by atoms with E-state index in [9.17, 15) is 18.0 Å². The van der Waals surface area contributed by atoms with E-state index in [0.29, 0.717) is 0 Å². The highest BCUT2D eigenvalue weighted by Crippen LogP contribution is 2.37. The van der Waals surface area contributed by atoms with Crippen LogP contribution in [0.5, 0.6) is 0 Å². The molecular weight excluding hydrogens is 235 g/mol. The highest BCUT2D eigenvalue weighted by molar-refractivity contribution is 5.79. The molecule has 1 unspecified atom stereocenters. The molecule has 0 aliphatic heterocycles. The molecule has 1 aromatic rings. The molecular formula is C11H12F3NO2. The van der Waals surface area contributed by atoms with Gasteiger partial charge in [0.25, 0.3) is 0 Å². The summed E-state index contributed by atoms with van der Waals surface area (Å²) >= 11 is 0. The van der Waals surface area contributed by atoms with E-state index in [1.54, 1.807) is 6.92 Å². The summed E-state index contributed by atoms with van der Waals surface area (Å²) in [6.07, 6.45) is -4.39. The number of nitrogens with two attached hydrogens (primary N) is 1. The molecule has 3 N–H and O–H groups in total. The summed E-state index contributed by atoms with van der Waals surface area (Å²) in [5.41, 5.74) is 3.91. The predicted octanol–water partition coefficient (Wildman–Crippen LogP) is 2.87. The molecule has 94 valence electrons. The first-order valence-electron chi connectivity index (χ1n) is 4.97. The number of anilines is 1. The number of benzene rings is 1. The average Bonchev–Trinajstić information content (AvgIpc) is 2.19. The maximum Gasteiger partial charge on any atom is 0.418 e. The predicted molar refractivity (Wildman–Crippen MR) is 56.5 cm³/mol. The summed E-state index contributed by atoms with van der Waals surface area (Å²) in [6, 6.07) is 3.32. The van der Waals surface area contributed by atoms with Gasteiger partial charge in [0, 0.05) is 5.69 Å². The van der Waals surface area contributed by atoms with Gasteiger partial charge >= 0.3 is 12.1 Å². The van der Waals surface area contributed by atoms with Crippen molar-refractivity contribution < 1.29 is 23.1 Å². The Hall–Kier alpha value is -1.72. The lowest BCUT2D eigenvalue weighted by molar-refractivity contribution is -0.140. The number of aliphatic carboxylic acids is 1. The van der Waals surface area contributed by atoms with Crippen LogP contribution in [-0.2, 0) is 11.0 Å².